The third-order valence-corrected chi connectivity index (χ3v) is 3.44. The van der Waals surface area contributed by atoms with Crippen LogP contribution in [0.3, 0.4) is 0 Å². The minimum atomic E-state index is -0.0736. The molecule has 98 valence electrons. The summed E-state index contributed by atoms with van der Waals surface area (Å²) in [5.41, 5.74) is 1.72. The van der Waals surface area contributed by atoms with Crippen LogP contribution in [0.5, 0.6) is 0 Å². The molecule has 2 aromatic rings. The van der Waals surface area contributed by atoms with E-state index in [9.17, 15) is 4.79 Å². The second-order valence-corrected chi connectivity index (χ2v) is 5.00. The molecule has 0 atom stereocenters. The van der Waals surface area contributed by atoms with E-state index in [4.69, 9.17) is 0 Å². The van der Waals surface area contributed by atoms with Gasteiger partial charge in [-0.25, -0.2) is 4.68 Å². The summed E-state index contributed by atoms with van der Waals surface area (Å²) < 4.78 is 1.87. The smallest absolute Gasteiger partial charge is 0.235 e. The number of benzene rings is 1. The summed E-state index contributed by atoms with van der Waals surface area (Å²) >= 11 is 3.11. The van der Waals surface area contributed by atoms with Crippen molar-refractivity contribution < 1.29 is 4.79 Å². The average molecular weight is 322 g/mol. The molecule has 6 nitrogen and oxygen atoms in total. The molecule has 1 aromatic carbocycles. The fourth-order valence-electron chi connectivity index (χ4n) is 1.85. The molecule has 1 aromatic heterocycles. The van der Waals surface area contributed by atoms with Gasteiger partial charge in [-0.05, 0) is 47.5 Å². The maximum atomic E-state index is 11.3. The first kappa shape index (κ1) is 12.3. The molecule has 0 saturated heterocycles. The first-order chi connectivity index (χ1) is 9.28. The number of halogens is 1. The molecular weight excluding hydrogens is 310 g/mol. The van der Waals surface area contributed by atoms with Gasteiger partial charge < -0.3 is 5.32 Å². The van der Waals surface area contributed by atoms with Gasteiger partial charge in [-0.1, -0.05) is 15.9 Å². The zero-order valence-electron chi connectivity index (χ0n) is 10.1. The van der Waals surface area contributed by atoms with E-state index < -0.39 is 0 Å². The third-order valence-electron chi connectivity index (χ3n) is 2.93. The first-order valence-electron chi connectivity index (χ1n) is 6.02. The zero-order valence-corrected chi connectivity index (χ0v) is 11.7. The number of nitrogens with zero attached hydrogens (tertiary/aromatic N) is 4. The fourth-order valence-corrected chi connectivity index (χ4v) is 1.99. The van der Waals surface area contributed by atoms with E-state index in [0.29, 0.717) is 6.04 Å². The number of hydrogen-bond acceptors (Lipinski definition) is 4. The van der Waals surface area contributed by atoms with Gasteiger partial charge in [0, 0.05) is 11.3 Å². The van der Waals surface area contributed by atoms with Crippen LogP contribution in [0, 0.1) is 0 Å². The molecule has 1 N–H and O–H groups in total. The summed E-state index contributed by atoms with van der Waals surface area (Å²) in [5, 5.41) is 14.9. The van der Waals surface area contributed by atoms with Crippen molar-refractivity contribution in [1.82, 2.24) is 20.2 Å². The van der Waals surface area contributed by atoms with Gasteiger partial charge in [0.1, 0.15) is 0 Å². The number of rotatable bonds is 4. The van der Waals surface area contributed by atoms with E-state index in [1.54, 1.807) is 0 Å². The highest BCUT2D eigenvalue weighted by molar-refractivity contribution is 9.09. The third kappa shape index (κ3) is 2.65. The molecule has 3 rings (SSSR count). The molecule has 0 spiro atoms. The van der Waals surface area contributed by atoms with E-state index >= 15 is 0 Å². The molecule has 1 fully saturated rings. The van der Waals surface area contributed by atoms with Gasteiger partial charge in [0.15, 0.2) is 5.82 Å². The number of hydrogen-bond donors (Lipinski definition) is 1. The van der Waals surface area contributed by atoms with Crippen LogP contribution in [0.2, 0.25) is 0 Å². The van der Waals surface area contributed by atoms with Gasteiger partial charge in [0.25, 0.3) is 0 Å². The van der Waals surface area contributed by atoms with Gasteiger partial charge in [-0.15, -0.1) is 5.10 Å². The zero-order chi connectivity index (χ0) is 13.2. The van der Waals surface area contributed by atoms with Crippen molar-refractivity contribution in [3.05, 3.63) is 24.3 Å². The molecule has 1 aliphatic carbocycles. The van der Waals surface area contributed by atoms with Crippen molar-refractivity contribution in [3.8, 4) is 11.4 Å². The van der Waals surface area contributed by atoms with Gasteiger partial charge in [0.2, 0.25) is 5.91 Å². The molecule has 1 aliphatic rings. The number of tetrazole rings is 1. The van der Waals surface area contributed by atoms with Crippen molar-refractivity contribution in [2.45, 2.75) is 18.9 Å². The highest BCUT2D eigenvalue weighted by Crippen LogP contribution is 2.36. The van der Waals surface area contributed by atoms with Crippen LogP contribution in [-0.2, 0) is 4.79 Å². The lowest BCUT2D eigenvalue weighted by Crippen LogP contribution is -2.12. The molecule has 1 saturated carbocycles. The second kappa shape index (κ2) is 5.08. The fraction of sp³-hybridized carbons (Fsp3) is 0.333. The molecule has 1 amide bonds. The van der Waals surface area contributed by atoms with Crippen molar-refractivity contribution in [2.75, 3.05) is 10.6 Å². The number of anilines is 1. The Balaban J connectivity index is 1.81. The van der Waals surface area contributed by atoms with Crippen LogP contribution in [0.4, 0.5) is 5.69 Å². The lowest BCUT2D eigenvalue weighted by Gasteiger charge is -2.05. The van der Waals surface area contributed by atoms with Gasteiger partial charge in [-0.3, -0.25) is 4.79 Å². The second-order valence-electron chi connectivity index (χ2n) is 4.44. The molecule has 0 bridgehead atoms. The Hall–Kier alpha value is -1.76. The standard InChI is InChI=1S/C12H12BrN5O/c13-7-11(19)14-9-3-1-8(2-4-9)12-15-16-17-18(12)10-5-6-10/h1-4,10H,5-7H2,(H,14,19). The van der Waals surface area contributed by atoms with Crippen LogP contribution in [-0.4, -0.2) is 31.4 Å². The highest BCUT2D eigenvalue weighted by atomic mass is 79.9. The topological polar surface area (TPSA) is 72.7 Å². The summed E-state index contributed by atoms with van der Waals surface area (Å²) in [6.45, 7) is 0. The van der Waals surface area contributed by atoms with Crippen LogP contribution >= 0.6 is 15.9 Å². The monoisotopic (exact) mass is 321 g/mol. The van der Waals surface area contributed by atoms with Crippen molar-refractivity contribution >= 4 is 27.5 Å². The van der Waals surface area contributed by atoms with E-state index in [1.165, 1.54) is 0 Å². The summed E-state index contributed by atoms with van der Waals surface area (Å²) in [6.07, 6.45) is 2.27. The van der Waals surface area contributed by atoms with E-state index in [2.05, 4.69) is 36.8 Å². The van der Waals surface area contributed by atoms with E-state index in [-0.39, 0.29) is 11.2 Å². The number of nitrogens with one attached hydrogen (secondary N) is 1. The van der Waals surface area contributed by atoms with Crippen molar-refractivity contribution in [1.29, 1.82) is 0 Å². The van der Waals surface area contributed by atoms with Gasteiger partial charge in [-0.2, -0.15) is 0 Å². The average Bonchev–Trinajstić information content (AvgIpc) is 3.17. The minimum absolute atomic E-state index is 0.0736. The summed E-state index contributed by atoms with van der Waals surface area (Å²) in [5.74, 6) is 0.705. The van der Waals surface area contributed by atoms with Crippen LogP contribution < -0.4 is 5.32 Å². The maximum absolute atomic E-state index is 11.3. The summed E-state index contributed by atoms with van der Waals surface area (Å²) in [4.78, 5) is 11.3. The highest BCUT2D eigenvalue weighted by Gasteiger charge is 2.28. The predicted molar refractivity (Wildman–Crippen MR) is 73.9 cm³/mol. The quantitative estimate of drug-likeness (QED) is 0.874. The Morgan fingerprint density at radius 1 is 1.37 bits per heavy atom. The maximum Gasteiger partial charge on any atom is 0.235 e. The molecule has 7 heteroatoms. The Kier molecular flexibility index (Phi) is 3.29. The van der Waals surface area contributed by atoms with Gasteiger partial charge in [0.05, 0.1) is 11.4 Å². The lowest BCUT2D eigenvalue weighted by molar-refractivity contribution is -0.113. The van der Waals surface area contributed by atoms with E-state index in [0.717, 1.165) is 29.9 Å². The molecule has 0 aliphatic heterocycles. The summed E-state index contributed by atoms with van der Waals surface area (Å²) in [7, 11) is 0. The van der Waals surface area contributed by atoms with Crippen LogP contribution in [0.15, 0.2) is 24.3 Å². The Morgan fingerprint density at radius 3 is 2.74 bits per heavy atom. The lowest BCUT2D eigenvalue weighted by atomic mass is 10.2. The molecular formula is C12H12BrN5O. The molecule has 0 unspecified atom stereocenters. The number of carbonyl (C=O) groups excluding carboxylic acids is 1. The number of amides is 1. The largest absolute Gasteiger partial charge is 0.325 e. The number of alkyl halides is 1. The first-order valence-corrected chi connectivity index (χ1v) is 7.14. The van der Waals surface area contributed by atoms with Crippen molar-refractivity contribution in [2.24, 2.45) is 0 Å². The van der Waals surface area contributed by atoms with Crippen LogP contribution in [0.25, 0.3) is 11.4 Å². The minimum Gasteiger partial charge on any atom is -0.325 e. The summed E-state index contributed by atoms with van der Waals surface area (Å²) in [6, 6.07) is 7.96. The van der Waals surface area contributed by atoms with E-state index in [1.807, 2.05) is 28.9 Å². The predicted octanol–water partition coefficient (Wildman–Crippen LogP) is 2.01. The van der Waals surface area contributed by atoms with Crippen molar-refractivity contribution in [3.63, 3.8) is 0 Å². The SMILES string of the molecule is O=C(CBr)Nc1ccc(-c2nnnn2C2CC2)cc1. The molecule has 1 heterocycles. The number of aromatic nitrogens is 4. The Bertz CT molecular complexity index is 590. The number of carbonyl (C=O) groups is 1. The van der Waals surface area contributed by atoms with Gasteiger partial charge >= 0.3 is 0 Å². The molecule has 0 radical (unpaired) electrons. The Morgan fingerprint density at radius 2 is 2.11 bits per heavy atom. The Labute approximate surface area is 118 Å². The normalized spacial score (nSPS) is 14.4. The molecule has 19 heavy (non-hydrogen) atoms. The van der Waals surface area contributed by atoms with Crippen LogP contribution in [0.1, 0.15) is 18.9 Å².